The largest absolute Gasteiger partial charge is 0.310 e. The van der Waals surface area contributed by atoms with Crippen LogP contribution in [0.4, 0.5) is 17.1 Å². The topological polar surface area (TPSA) is 3.24 Å². The van der Waals surface area contributed by atoms with Crippen LogP contribution in [0.5, 0.6) is 0 Å². The molecule has 0 heterocycles. The molecule has 0 amide bonds. The summed E-state index contributed by atoms with van der Waals surface area (Å²) in [6, 6.07) is 53.1. The maximum absolute atomic E-state index is 2.38. The Bertz CT molecular complexity index is 1990. The van der Waals surface area contributed by atoms with Gasteiger partial charge in [0.15, 0.2) is 0 Å². The van der Waals surface area contributed by atoms with E-state index in [1.165, 1.54) is 49.0 Å². The van der Waals surface area contributed by atoms with E-state index in [0.717, 1.165) is 17.1 Å². The average Bonchev–Trinajstić information content (AvgIpc) is 3.01. The second-order valence-electron chi connectivity index (χ2n) is 11.9. The molecule has 7 aromatic carbocycles. The minimum atomic E-state index is 0.103. The SMILES string of the molecule is CC(C)(C)c1ccc(N(c2ccc(-c3ccccc3)cc2)c2ccc3ccc4c5ccccc5ccc4c3c2)cc1. The number of nitrogens with zero attached hydrogens (tertiary/aromatic N) is 1. The smallest absolute Gasteiger partial charge is 0.0468 e. The molecule has 0 aromatic heterocycles. The molecule has 0 saturated carbocycles. The normalized spacial score (nSPS) is 11.8. The lowest BCUT2D eigenvalue weighted by atomic mass is 9.87. The van der Waals surface area contributed by atoms with Crippen molar-refractivity contribution in [2.75, 3.05) is 4.90 Å². The van der Waals surface area contributed by atoms with E-state index >= 15 is 0 Å². The summed E-state index contributed by atoms with van der Waals surface area (Å²) in [6.07, 6.45) is 0. The molecule has 0 spiro atoms. The van der Waals surface area contributed by atoms with Gasteiger partial charge in [-0.25, -0.2) is 0 Å². The first-order chi connectivity index (χ1) is 20.0. The number of anilines is 3. The van der Waals surface area contributed by atoms with Gasteiger partial charge in [-0.2, -0.15) is 0 Å². The Labute approximate surface area is 242 Å². The molecule has 0 radical (unpaired) electrons. The Hall–Kier alpha value is -4.88. The highest BCUT2D eigenvalue weighted by atomic mass is 15.1. The summed E-state index contributed by atoms with van der Waals surface area (Å²) in [6.45, 7) is 6.79. The molecular formula is C40H33N. The van der Waals surface area contributed by atoms with Crippen molar-refractivity contribution in [3.05, 3.63) is 151 Å². The zero-order valence-electron chi connectivity index (χ0n) is 23.8. The maximum atomic E-state index is 2.38. The number of fused-ring (bicyclic) bond motifs is 5. The summed E-state index contributed by atoms with van der Waals surface area (Å²) in [4.78, 5) is 2.38. The second kappa shape index (κ2) is 9.94. The third-order valence-corrected chi connectivity index (χ3v) is 8.21. The lowest BCUT2D eigenvalue weighted by molar-refractivity contribution is 0.590. The van der Waals surface area contributed by atoms with E-state index in [1.54, 1.807) is 0 Å². The molecule has 0 unspecified atom stereocenters. The molecule has 0 bridgehead atoms. The Balaban J connectivity index is 1.40. The molecule has 0 N–H and O–H groups in total. The second-order valence-corrected chi connectivity index (χ2v) is 11.9. The van der Waals surface area contributed by atoms with Crippen LogP contribution in [0.25, 0.3) is 43.4 Å². The van der Waals surface area contributed by atoms with E-state index in [1.807, 2.05) is 0 Å². The highest BCUT2D eigenvalue weighted by Gasteiger charge is 2.17. The van der Waals surface area contributed by atoms with Crippen molar-refractivity contribution in [1.29, 1.82) is 0 Å². The molecule has 198 valence electrons. The van der Waals surface area contributed by atoms with Gasteiger partial charge in [-0.3, -0.25) is 0 Å². The van der Waals surface area contributed by atoms with Crippen LogP contribution in [0.15, 0.2) is 146 Å². The molecule has 1 nitrogen and oxygen atoms in total. The van der Waals surface area contributed by atoms with E-state index < -0.39 is 0 Å². The Morgan fingerprint density at radius 2 is 0.902 bits per heavy atom. The van der Waals surface area contributed by atoms with Crippen molar-refractivity contribution < 1.29 is 0 Å². The lowest BCUT2D eigenvalue weighted by Crippen LogP contribution is -2.13. The summed E-state index contributed by atoms with van der Waals surface area (Å²) in [5.41, 5.74) is 7.31. The minimum absolute atomic E-state index is 0.103. The Morgan fingerprint density at radius 3 is 1.59 bits per heavy atom. The van der Waals surface area contributed by atoms with Crippen molar-refractivity contribution >= 4 is 49.4 Å². The first-order valence-corrected chi connectivity index (χ1v) is 14.4. The van der Waals surface area contributed by atoms with Gasteiger partial charge in [0.2, 0.25) is 0 Å². The van der Waals surface area contributed by atoms with Crippen LogP contribution in [0.2, 0.25) is 0 Å². The van der Waals surface area contributed by atoms with Crippen LogP contribution in [0.1, 0.15) is 26.3 Å². The maximum Gasteiger partial charge on any atom is 0.0468 e. The summed E-state index contributed by atoms with van der Waals surface area (Å²) >= 11 is 0. The highest BCUT2D eigenvalue weighted by molar-refractivity contribution is 6.17. The molecule has 7 aromatic rings. The first-order valence-electron chi connectivity index (χ1n) is 14.4. The summed E-state index contributed by atoms with van der Waals surface area (Å²) < 4.78 is 0. The minimum Gasteiger partial charge on any atom is -0.310 e. The van der Waals surface area contributed by atoms with Crippen LogP contribution in [0, 0.1) is 0 Å². The van der Waals surface area contributed by atoms with Gasteiger partial charge in [-0.05, 0) is 90.8 Å². The molecular weight excluding hydrogens is 494 g/mol. The van der Waals surface area contributed by atoms with Crippen molar-refractivity contribution in [2.45, 2.75) is 26.2 Å². The zero-order chi connectivity index (χ0) is 28.0. The van der Waals surface area contributed by atoms with Crippen molar-refractivity contribution in [3.8, 4) is 11.1 Å². The first kappa shape index (κ1) is 25.1. The number of hydrogen-bond acceptors (Lipinski definition) is 1. The van der Waals surface area contributed by atoms with Crippen LogP contribution in [-0.2, 0) is 5.41 Å². The molecule has 0 aliphatic heterocycles. The fraction of sp³-hybridized carbons (Fsp3) is 0.100. The molecule has 0 aliphatic rings. The van der Waals surface area contributed by atoms with Gasteiger partial charge in [-0.1, -0.05) is 130 Å². The van der Waals surface area contributed by atoms with Crippen molar-refractivity contribution in [3.63, 3.8) is 0 Å². The van der Waals surface area contributed by atoms with E-state index in [4.69, 9.17) is 0 Å². The zero-order valence-corrected chi connectivity index (χ0v) is 23.8. The highest BCUT2D eigenvalue weighted by Crippen LogP contribution is 2.40. The van der Waals surface area contributed by atoms with Gasteiger partial charge < -0.3 is 4.90 Å². The van der Waals surface area contributed by atoms with Crippen LogP contribution >= 0.6 is 0 Å². The number of rotatable bonds is 4. The fourth-order valence-electron chi connectivity index (χ4n) is 5.94. The van der Waals surface area contributed by atoms with Gasteiger partial charge in [0, 0.05) is 17.1 Å². The predicted molar refractivity (Wildman–Crippen MR) is 178 cm³/mol. The van der Waals surface area contributed by atoms with Crippen molar-refractivity contribution in [2.24, 2.45) is 0 Å². The van der Waals surface area contributed by atoms with Crippen LogP contribution in [-0.4, -0.2) is 0 Å². The predicted octanol–water partition coefficient (Wildman–Crippen LogP) is 11.6. The molecule has 1 heteroatoms. The van der Waals surface area contributed by atoms with Gasteiger partial charge in [0.25, 0.3) is 0 Å². The number of hydrogen-bond donors (Lipinski definition) is 0. The summed E-state index contributed by atoms with van der Waals surface area (Å²) in [7, 11) is 0. The monoisotopic (exact) mass is 527 g/mol. The van der Waals surface area contributed by atoms with Crippen LogP contribution < -0.4 is 4.90 Å². The third-order valence-electron chi connectivity index (χ3n) is 8.21. The molecule has 7 rings (SSSR count). The van der Waals surface area contributed by atoms with Gasteiger partial charge in [0.05, 0.1) is 0 Å². The molecule has 0 aliphatic carbocycles. The number of benzene rings is 7. The van der Waals surface area contributed by atoms with E-state index in [0.29, 0.717) is 0 Å². The summed E-state index contributed by atoms with van der Waals surface area (Å²) in [5.74, 6) is 0. The summed E-state index contributed by atoms with van der Waals surface area (Å²) in [5, 5.41) is 7.66. The quantitative estimate of drug-likeness (QED) is 0.206. The van der Waals surface area contributed by atoms with Crippen LogP contribution in [0.3, 0.4) is 0 Å². The van der Waals surface area contributed by atoms with E-state index in [-0.39, 0.29) is 5.41 Å². The molecule has 0 saturated heterocycles. The molecule has 41 heavy (non-hydrogen) atoms. The lowest BCUT2D eigenvalue weighted by Gasteiger charge is -2.27. The Kier molecular flexibility index (Phi) is 6.09. The van der Waals surface area contributed by atoms with Gasteiger partial charge >= 0.3 is 0 Å². The third kappa shape index (κ3) is 4.64. The van der Waals surface area contributed by atoms with Gasteiger partial charge in [-0.15, -0.1) is 0 Å². The fourth-order valence-corrected chi connectivity index (χ4v) is 5.94. The van der Waals surface area contributed by atoms with Crippen molar-refractivity contribution in [1.82, 2.24) is 0 Å². The molecule has 0 atom stereocenters. The molecule has 0 fully saturated rings. The van der Waals surface area contributed by atoms with E-state index in [2.05, 4.69) is 171 Å². The average molecular weight is 528 g/mol. The van der Waals surface area contributed by atoms with E-state index in [9.17, 15) is 0 Å². The van der Waals surface area contributed by atoms with Gasteiger partial charge in [0.1, 0.15) is 0 Å². The standard InChI is InChI=1S/C40H33N/c1-40(2,3)32-18-23-34(24-19-32)41(33-20-13-29(14-21-33)28-9-5-4-6-10-28)35-22-15-31-17-25-37-36-12-8-7-11-30(36)16-26-38(37)39(31)27-35/h4-27H,1-3H3. The Morgan fingerprint density at radius 1 is 0.390 bits per heavy atom.